The molecule has 0 bridgehead atoms. The van der Waals surface area contributed by atoms with Gasteiger partial charge < -0.3 is 5.32 Å². The van der Waals surface area contributed by atoms with Crippen LogP contribution in [0.1, 0.15) is 0 Å². The number of benzene rings is 1. The van der Waals surface area contributed by atoms with E-state index < -0.39 is 4.92 Å². The van der Waals surface area contributed by atoms with E-state index in [0.29, 0.717) is 11.5 Å². The first-order valence-electron chi connectivity index (χ1n) is 4.76. The van der Waals surface area contributed by atoms with Crippen LogP contribution in [0.5, 0.6) is 0 Å². The van der Waals surface area contributed by atoms with Crippen molar-refractivity contribution in [1.29, 1.82) is 0 Å². The Labute approximate surface area is 121 Å². The molecule has 0 saturated heterocycles. The van der Waals surface area contributed by atoms with Crippen molar-refractivity contribution in [2.24, 2.45) is 0 Å². The van der Waals surface area contributed by atoms with Gasteiger partial charge in [-0.3, -0.25) is 10.1 Å². The molecular weight excluding hydrogens is 370 g/mol. The Morgan fingerprint density at radius 2 is 2.17 bits per heavy atom. The molecule has 1 aromatic carbocycles. The first-order valence-corrected chi connectivity index (χ1v) is 6.21. The maximum absolute atomic E-state index is 10.9. The van der Waals surface area contributed by atoms with Crippen LogP contribution in [0.3, 0.4) is 0 Å². The Morgan fingerprint density at radius 1 is 1.39 bits per heavy atom. The van der Waals surface area contributed by atoms with Crippen LogP contribution in [0, 0.1) is 13.7 Å². The van der Waals surface area contributed by atoms with Crippen LogP contribution in [0.2, 0.25) is 5.28 Å². The Kier molecular flexibility index (Phi) is 3.92. The van der Waals surface area contributed by atoms with E-state index in [-0.39, 0.29) is 11.0 Å². The summed E-state index contributed by atoms with van der Waals surface area (Å²) in [5, 5.41) is 13.8. The molecule has 0 aliphatic carbocycles. The van der Waals surface area contributed by atoms with Gasteiger partial charge in [-0.25, -0.2) is 9.97 Å². The quantitative estimate of drug-likeness (QED) is 0.384. The number of nitrogens with zero attached hydrogens (tertiary/aromatic N) is 3. The van der Waals surface area contributed by atoms with Gasteiger partial charge in [-0.15, -0.1) is 0 Å². The normalized spacial score (nSPS) is 10.1. The van der Waals surface area contributed by atoms with Crippen molar-refractivity contribution >= 4 is 51.4 Å². The number of rotatable bonds is 3. The maximum atomic E-state index is 10.9. The zero-order chi connectivity index (χ0) is 13.1. The third-order valence-corrected chi connectivity index (χ3v) is 2.90. The highest BCUT2D eigenvalue weighted by atomic mass is 127. The van der Waals surface area contributed by atoms with Crippen molar-refractivity contribution in [1.82, 2.24) is 9.97 Å². The molecule has 0 aliphatic heterocycles. The largest absolute Gasteiger partial charge is 0.334 e. The van der Waals surface area contributed by atoms with Crippen LogP contribution in [-0.4, -0.2) is 14.9 Å². The Balaban J connectivity index is 2.39. The molecule has 1 aromatic heterocycles. The molecule has 1 N–H and O–H groups in total. The van der Waals surface area contributed by atoms with Crippen LogP contribution in [-0.2, 0) is 0 Å². The summed E-state index contributed by atoms with van der Waals surface area (Å²) in [4.78, 5) is 18.1. The van der Waals surface area contributed by atoms with E-state index in [1.807, 2.05) is 0 Å². The smallest absolute Gasteiger partial charge is 0.292 e. The highest BCUT2D eigenvalue weighted by Crippen LogP contribution is 2.28. The lowest BCUT2D eigenvalue weighted by Crippen LogP contribution is -1.99. The van der Waals surface area contributed by atoms with Gasteiger partial charge in [0.1, 0.15) is 11.5 Å². The van der Waals surface area contributed by atoms with Gasteiger partial charge in [-0.2, -0.15) is 0 Å². The molecule has 0 saturated carbocycles. The highest BCUT2D eigenvalue weighted by molar-refractivity contribution is 14.1. The number of nitro groups is 1. The van der Waals surface area contributed by atoms with Gasteiger partial charge in [0, 0.05) is 15.8 Å². The highest BCUT2D eigenvalue weighted by Gasteiger charge is 2.14. The van der Waals surface area contributed by atoms with Gasteiger partial charge in [0.05, 0.1) is 4.92 Å². The standard InChI is InChI=1S/C10H6ClIN4O2/c11-10-13-4-3-9(15-10)14-7-5-6(12)1-2-8(7)16(17)18/h1-5H,(H,13,14,15). The van der Waals surface area contributed by atoms with Gasteiger partial charge in [0.25, 0.3) is 5.69 Å². The van der Waals surface area contributed by atoms with Gasteiger partial charge in [-0.1, -0.05) is 0 Å². The molecule has 0 fully saturated rings. The summed E-state index contributed by atoms with van der Waals surface area (Å²) in [5.41, 5.74) is 0.340. The number of aromatic nitrogens is 2. The zero-order valence-electron chi connectivity index (χ0n) is 8.80. The second-order valence-electron chi connectivity index (χ2n) is 3.25. The number of hydrogen-bond acceptors (Lipinski definition) is 5. The molecule has 1 heterocycles. The minimum atomic E-state index is -0.457. The minimum absolute atomic E-state index is 0.0230. The van der Waals surface area contributed by atoms with Crippen molar-refractivity contribution in [2.45, 2.75) is 0 Å². The Morgan fingerprint density at radius 3 is 2.83 bits per heavy atom. The topological polar surface area (TPSA) is 81.0 Å². The predicted octanol–water partition coefficient (Wildman–Crippen LogP) is 3.39. The van der Waals surface area contributed by atoms with Crippen molar-refractivity contribution in [3.8, 4) is 0 Å². The fourth-order valence-corrected chi connectivity index (χ4v) is 1.95. The SMILES string of the molecule is O=[N+]([O-])c1ccc(I)cc1Nc1ccnc(Cl)n1. The third kappa shape index (κ3) is 3.05. The molecule has 0 radical (unpaired) electrons. The van der Waals surface area contributed by atoms with Crippen molar-refractivity contribution in [2.75, 3.05) is 5.32 Å². The number of halogens is 2. The molecule has 0 spiro atoms. The Bertz CT molecular complexity index is 608. The Hall–Kier alpha value is -1.48. The van der Waals surface area contributed by atoms with E-state index in [4.69, 9.17) is 11.6 Å². The van der Waals surface area contributed by atoms with Crippen molar-refractivity contribution in [3.05, 3.63) is 49.4 Å². The minimum Gasteiger partial charge on any atom is -0.334 e. The van der Waals surface area contributed by atoms with Gasteiger partial charge in [0.2, 0.25) is 5.28 Å². The van der Waals surface area contributed by atoms with E-state index in [2.05, 4.69) is 37.9 Å². The average Bonchev–Trinajstić information content (AvgIpc) is 2.28. The van der Waals surface area contributed by atoms with Gasteiger partial charge in [0.15, 0.2) is 0 Å². The second-order valence-corrected chi connectivity index (χ2v) is 4.84. The monoisotopic (exact) mass is 376 g/mol. The first kappa shape index (κ1) is 13.0. The van der Waals surface area contributed by atoms with E-state index in [1.165, 1.54) is 12.3 Å². The molecule has 2 rings (SSSR count). The van der Waals surface area contributed by atoms with Crippen LogP contribution in [0.4, 0.5) is 17.2 Å². The first-order chi connectivity index (χ1) is 8.56. The van der Waals surface area contributed by atoms with Crippen LogP contribution in [0.15, 0.2) is 30.5 Å². The molecule has 8 heteroatoms. The number of nitro benzene ring substituents is 1. The number of hydrogen-bond donors (Lipinski definition) is 1. The molecule has 0 aliphatic rings. The molecule has 0 atom stereocenters. The van der Waals surface area contributed by atoms with Gasteiger partial charge in [-0.05, 0) is 52.4 Å². The third-order valence-electron chi connectivity index (χ3n) is 2.04. The van der Waals surface area contributed by atoms with Crippen LogP contribution < -0.4 is 5.32 Å². The summed E-state index contributed by atoms with van der Waals surface area (Å²) in [5.74, 6) is 0.403. The van der Waals surface area contributed by atoms with Crippen LogP contribution >= 0.6 is 34.2 Å². The molecular formula is C10H6ClIN4O2. The summed E-state index contributed by atoms with van der Waals surface area (Å²) in [6, 6.07) is 6.34. The zero-order valence-corrected chi connectivity index (χ0v) is 11.7. The summed E-state index contributed by atoms with van der Waals surface area (Å²) >= 11 is 7.72. The van der Waals surface area contributed by atoms with E-state index in [1.54, 1.807) is 18.2 Å². The second kappa shape index (κ2) is 5.44. The lowest BCUT2D eigenvalue weighted by Gasteiger charge is -2.06. The predicted molar refractivity (Wildman–Crippen MR) is 76.1 cm³/mol. The molecule has 2 aromatic rings. The lowest BCUT2D eigenvalue weighted by molar-refractivity contribution is -0.383. The number of nitrogens with one attached hydrogen (secondary N) is 1. The molecule has 6 nitrogen and oxygen atoms in total. The summed E-state index contributed by atoms with van der Waals surface area (Å²) in [6.45, 7) is 0. The lowest BCUT2D eigenvalue weighted by atomic mass is 10.2. The summed E-state index contributed by atoms with van der Waals surface area (Å²) in [6.07, 6.45) is 1.47. The maximum Gasteiger partial charge on any atom is 0.292 e. The molecule has 0 unspecified atom stereocenters. The number of anilines is 2. The molecule has 18 heavy (non-hydrogen) atoms. The van der Waals surface area contributed by atoms with Crippen LogP contribution in [0.25, 0.3) is 0 Å². The summed E-state index contributed by atoms with van der Waals surface area (Å²) < 4.78 is 0.876. The van der Waals surface area contributed by atoms with E-state index >= 15 is 0 Å². The van der Waals surface area contributed by atoms with Crippen molar-refractivity contribution < 1.29 is 4.92 Å². The van der Waals surface area contributed by atoms with Gasteiger partial charge >= 0.3 is 0 Å². The molecule has 92 valence electrons. The van der Waals surface area contributed by atoms with Crippen molar-refractivity contribution in [3.63, 3.8) is 0 Å². The fraction of sp³-hybridized carbons (Fsp3) is 0. The summed E-state index contributed by atoms with van der Waals surface area (Å²) in [7, 11) is 0. The molecule has 0 amide bonds. The fourth-order valence-electron chi connectivity index (χ4n) is 1.31. The van der Waals surface area contributed by atoms with E-state index in [9.17, 15) is 10.1 Å². The average molecular weight is 377 g/mol. The van der Waals surface area contributed by atoms with E-state index in [0.717, 1.165) is 3.57 Å².